The van der Waals surface area contributed by atoms with Crippen LogP contribution in [0, 0.1) is 0 Å². The number of hydrogen-bond donors (Lipinski definition) is 2. The predicted molar refractivity (Wildman–Crippen MR) is 123 cm³/mol. The molecule has 3 aromatic carbocycles. The standard InChI is InChI=1S/C24H26N2O4S/c1-2-14-31(28,29)26-22-12-7-11-21(16-22)24(27)25-17-20-10-6-13-23(15-20)30-18-19-8-4-3-5-9-19/h3-13,15-16,26H,2,14,17-18H2,1H3,(H,25,27). The maximum absolute atomic E-state index is 12.5. The van der Waals surface area contributed by atoms with Gasteiger partial charge in [0, 0.05) is 17.8 Å². The highest BCUT2D eigenvalue weighted by Crippen LogP contribution is 2.16. The quantitative estimate of drug-likeness (QED) is 0.493. The van der Waals surface area contributed by atoms with Crippen LogP contribution in [0.1, 0.15) is 34.8 Å². The van der Waals surface area contributed by atoms with Crippen LogP contribution in [0.4, 0.5) is 5.69 Å². The van der Waals surface area contributed by atoms with E-state index in [-0.39, 0.29) is 11.7 Å². The first kappa shape index (κ1) is 22.4. The SMILES string of the molecule is CCCS(=O)(=O)Nc1cccc(C(=O)NCc2cccc(OCc3ccccc3)c2)c1. The van der Waals surface area contributed by atoms with Gasteiger partial charge in [0.25, 0.3) is 5.91 Å². The van der Waals surface area contributed by atoms with E-state index < -0.39 is 10.0 Å². The van der Waals surface area contributed by atoms with Gasteiger partial charge in [0.05, 0.1) is 5.75 Å². The minimum absolute atomic E-state index is 0.0338. The molecule has 1 amide bonds. The van der Waals surface area contributed by atoms with E-state index in [1.165, 1.54) is 6.07 Å². The Morgan fingerprint density at radius 1 is 0.903 bits per heavy atom. The van der Waals surface area contributed by atoms with Gasteiger partial charge in [0.2, 0.25) is 10.0 Å². The van der Waals surface area contributed by atoms with Crippen LogP contribution in [0.3, 0.4) is 0 Å². The summed E-state index contributed by atoms with van der Waals surface area (Å²) < 4.78 is 32.2. The van der Waals surface area contributed by atoms with Gasteiger partial charge in [-0.05, 0) is 47.9 Å². The highest BCUT2D eigenvalue weighted by atomic mass is 32.2. The van der Waals surface area contributed by atoms with Crippen molar-refractivity contribution in [1.29, 1.82) is 0 Å². The van der Waals surface area contributed by atoms with Crippen LogP contribution < -0.4 is 14.8 Å². The summed E-state index contributed by atoms with van der Waals surface area (Å²) >= 11 is 0. The monoisotopic (exact) mass is 438 g/mol. The summed E-state index contributed by atoms with van der Waals surface area (Å²) in [5.41, 5.74) is 2.74. The number of anilines is 1. The molecule has 0 aliphatic heterocycles. The van der Waals surface area contributed by atoms with Crippen LogP contribution in [0.2, 0.25) is 0 Å². The van der Waals surface area contributed by atoms with E-state index >= 15 is 0 Å². The molecule has 7 heteroatoms. The molecule has 6 nitrogen and oxygen atoms in total. The minimum atomic E-state index is -3.41. The number of carbonyl (C=O) groups is 1. The van der Waals surface area contributed by atoms with Crippen molar-refractivity contribution in [2.45, 2.75) is 26.5 Å². The van der Waals surface area contributed by atoms with Gasteiger partial charge in [-0.2, -0.15) is 0 Å². The largest absolute Gasteiger partial charge is 0.489 e. The summed E-state index contributed by atoms with van der Waals surface area (Å²) in [5, 5.41) is 2.86. The third kappa shape index (κ3) is 7.15. The maximum Gasteiger partial charge on any atom is 0.251 e. The lowest BCUT2D eigenvalue weighted by atomic mass is 10.1. The first-order valence-electron chi connectivity index (χ1n) is 10.1. The molecule has 0 spiro atoms. The number of ether oxygens (including phenoxy) is 1. The van der Waals surface area contributed by atoms with E-state index in [1.54, 1.807) is 25.1 Å². The molecule has 0 radical (unpaired) electrons. The van der Waals surface area contributed by atoms with Gasteiger partial charge in [-0.15, -0.1) is 0 Å². The number of benzene rings is 3. The molecular weight excluding hydrogens is 412 g/mol. The molecule has 31 heavy (non-hydrogen) atoms. The number of nitrogens with one attached hydrogen (secondary N) is 2. The summed E-state index contributed by atoms with van der Waals surface area (Å²) in [4.78, 5) is 12.5. The zero-order chi connectivity index (χ0) is 22.1. The molecule has 0 atom stereocenters. The highest BCUT2D eigenvalue weighted by molar-refractivity contribution is 7.92. The van der Waals surface area contributed by atoms with Crippen LogP contribution in [-0.2, 0) is 23.2 Å². The molecule has 0 saturated heterocycles. The van der Waals surface area contributed by atoms with Crippen molar-refractivity contribution in [2.24, 2.45) is 0 Å². The molecule has 0 saturated carbocycles. The van der Waals surface area contributed by atoms with Crippen molar-refractivity contribution in [1.82, 2.24) is 5.32 Å². The Morgan fingerprint density at radius 2 is 1.65 bits per heavy atom. The lowest BCUT2D eigenvalue weighted by Gasteiger charge is -2.11. The van der Waals surface area contributed by atoms with E-state index in [1.807, 2.05) is 54.6 Å². The molecule has 2 N–H and O–H groups in total. The molecular formula is C24H26N2O4S. The number of carbonyl (C=O) groups excluding carboxylic acids is 1. The second kappa shape index (κ2) is 10.6. The van der Waals surface area contributed by atoms with Crippen LogP contribution >= 0.6 is 0 Å². The Morgan fingerprint density at radius 3 is 2.42 bits per heavy atom. The van der Waals surface area contributed by atoms with E-state index in [9.17, 15) is 13.2 Å². The second-order valence-electron chi connectivity index (χ2n) is 7.11. The van der Waals surface area contributed by atoms with Crippen molar-refractivity contribution >= 4 is 21.6 Å². The van der Waals surface area contributed by atoms with Crippen molar-refractivity contribution in [2.75, 3.05) is 10.5 Å². The zero-order valence-electron chi connectivity index (χ0n) is 17.4. The third-order valence-corrected chi connectivity index (χ3v) is 5.96. The third-order valence-electron chi connectivity index (χ3n) is 4.47. The normalized spacial score (nSPS) is 11.0. The van der Waals surface area contributed by atoms with Crippen molar-refractivity contribution < 1.29 is 17.9 Å². The Labute approximate surface area is 183 Å². The molecule has 0 unspecified atom stereocenters. The Hall–Kier alpha value is -3.32. The number of rotatable bonds is 10. The molecule has 0 bridgehead atoms. The zero-order valence-corrected chi connectivity index (χ0v) is 18.2. The smallest absolute Gasteiger partial charge is 0.251 e. The summed E-state index contributed by atoms with van der Waals surface area (Å²) in [6.07, 6.45) is 0.517. The van der Waals surface area contributed by atoms with Gasteiger partial charge in [0.15, 0.2) is 0 Å². The molecule has 0 aromatic heterocycles. The molecule has 3 rings (SSSR count). The first-order chi connectivity index (χ1) is 14.9. The summed E-state index contributed by atoms with van der Waals surface area (Å²) in [6, 6.07) is 23.9. The summed E-state index contributed by atoms with van der Waals surface area (Å²) in [7, 11) is -3.41. The molecule has 0 heterocycles. The molecule has 0 aliphatic carbocycles. The maximum atomic E-state index is 12.5. The van der Waals surface area contributed by atoms with Gasteiger partial charge in [-0.1, -0.05) is 55.5 Å². The fraction of sp³-hybridized carbons (Fsp3) is 0.208. The van der Waals surface area contributed by atoms with Crippen LogP contribution in [0.25, 0.3) is 0 Å². The van der Waals surface area contributed by atoms with Gasteiger partial charge < -0.3 is 10.1 Å². The Bertz CT molecular complexity index is 1120. The fourth-order valence-corrected chi connectivity index (χ4v) is 4.12. The van der Waals surface area contributed by atoms with Gasteiger partial charge in [0.1, 0.15) is 12.4 Å². The Balaban J connectivity index is 1.57. The van der Waals surface area contributed by atoms with E-state index in [4.69, 9.17) is 4.74 Å². The van der Waals surface area contributed by atoms with E-state index in [2.05, 4.69) is 10.0 Å². The van der Waals surface area contributed by atoms with Gasteiger partial charge in [-0.3, -0.25) is 9.52 Å². The van der Waals surface area contributed by atoms with Crippen molar-refractivity contribution in [3.8, 4) is 5.75 Å². The molecule has 162 valence electrons. The van der Waals surface area contributed by atoms with Crippen LogP contribution in [0.15, 0.2) is 78.9 Å². The number of sulfonamides is 1. The average Bonchev–Trinajstić information content (AvgIpc) is 2.77. The van der Waals surface area contributed by atoms with Gasteiger partial charge >= 0.3 is 0 Å². The van der Waals surface area contributed by atoms with Gasteiger partial charge in [-0.25, -0.2) is 8.42 Å². The Kier molecular flexibility index (Phi) is 7.67. The second-order valence-corrected chi connectivity index (χ2v) is 8.95. The summed E-state index contributed by atoms with van der Waals surface area (Å²) in [5.74, 6) is 0.474. The number of amides is 1. The van der Waals surface area contributed by atoms with Crippen LogP contribution in [-0.4, -0.2) is 20.1 Å². The fourth-order valence-electron chi connectivity index (χ4n) is 2.99. The van der Waals surface area contributed by atoms with Crippen molar-refractivity contribution in [3.63, 3.8) is 0 Å². The topological polar surface area (TPSA) is 84.5 Å². The highest BCUT2D eigenvalue weighted by Gasteiger charge is 2.11. The lowest BCUT2D eigenvalue weighted by Crippen LogP contribution is -2.23. The van der Waals surface area contributed by atoms with Crippen molar-refractivity contribution in [3.05, 3.63) is 95.6 Å². The predicted octanol–water partition coefficient (Wildman–Crippen LogP) is 4.35. The van der Waals surface area contributed by atoms with E-state index in [0.29, 0.717) is 30.8 Å². The molecule has 0 aliphatic rings. The minimum Gasteiger partial charge on any atom is -0.489 e. The number of hydrogen-bond acceptors (Lipinski definition) is 4. The average molecular weight is 439 g/mol. The molecule has 0 fully saturated rings. The summed E-state index contributed by atoms with van der Waals surface area (Å²) in [6.45, 7) is 2.59. The lowest BCUT2D eigenvalue weighted by molar-refractivity contribution is 0.0951. The van der Waals surface area contributed by atoms with E-state index in [0.717, 1.165) is 16.9 Å². The van der Waals surface area contributed by atoms with Crippen LogP contribution in [0.5, 0.6) is 5.75 Å². The first-order valence-corrected chi connectivity index (χ1v) is 11.7. The molecule has 3 aromatic rings.